The van der Waals surface area contributed by atoms with Gasteiger partial charge in [0.15, 0.2) is 17.4 Å². The van der Waals surface area contributed by atoms with Crippen molar-refractivity contribution in [3.8, 4) is 5.75 Å². The van der Waals surface area contributed by atoms with Gasteiger partial charge in [-0.15, -0.1) is 0 Å². The molecule has 1 N–H and O–H groups in total. The Morgan fingerprint density at radius 1 is 1.31 bits per heavy atom. The molecular weight excluding hydrogens is 397 g/mol. The first-order valence-corrected chi connectivity index (χ1v) is 8.34. The van der Waals surface area contributed by atoms with Crippen LogP contribution >= 0.6 is 22.9 Å². The Labute approximate surface area is 154 Å². The van der Waals surface area contributed by atoms with E-state index < -0.39 is 40.4 Å². The van der Waals surface area contributed by atoms with Gasteiger partial charge in [-0.2, -0.15) is 13.2 Å². The van der Waals surface area contributed by atoms with Gasteiger partial charge in [-0.25, -0.2) is 9.78 Å². The summed E-state index contributed by atoms with van der Waals surface area (Å²) in [6, 6.07) is 6.39. The molecule has 0 unspecified atom stereocenters. The van der Waals surface area contributed by atoms with Gasteiger partial charge in [-0.05, 0) is 19.1 Å². The number of halogens is 4. The lowest BCUT2D eigenvalue weighted by Crippen LogP contribution is -2.20. The number of thiazole rings is 1. The largest absolute Gasteiger partial charge is 0.482 e. The second-order valence-corrected chi connectivity index (χ2v) is 6.09. The van der Waals surface area contributed by atoms with Crippen LogP contribution in [0.3, 0.4) is 0 Å². The molecule has 2 rings (SSSR count). The van der Waals surface area contributed by atoms with Gasteiger partial charge in [-0.3, -0.25) is 10.1 Å². The molecule has 0 saturated carbocycles. The van der Waals surface area contributed by atoms with E-state index in [0.29, 0.717) is 11.3 Å². The summed E-state index contributed by atoms with van der Waals surface area (Å²) in [5.74, 6) is -1.68. The number of alkyl halides is 3. The minimum Gasteiger partial charge on any atom is -0.482 e. The number of nitrogens with zero attached hydrogens (tertiary/aromatic N) is 1. The highest BCUT2D eigenvalue weighted by molar-refractivity contribution is 7.17. The third-order valence-electron chi connectivity index (χ3n) is 2.80. The lowest BCUT2D eigenvalue weighted by atomic mass is 10.3. The van der Waals surface area contributed by atoms with Crippen molar-refractivity contribution in [2.45, 2.75) is 13.1 Å². The minimum atomic E-state index is -4.87. The summed E-state index contributed by atoms with van der Waals surface area (Å²) >= 11 is 6.23. The summed E-state index contributed by atoms with van der Waals surface area (Å²) < 4.78 is 48.8. The fraction of sp³-hybridized carbons (Fsp3) is 0.267. The van der Waals surface area contributed by atoms with Gasteiger partial charge in [-0.1, -0.05) is 35.1 Å². The van der Waals surface area contributed by atoms with E-state index in [1.54, 1.807) is 18.2 Å². The molecule has 0 atom stereocenters. The first kappa shape index (κ1) is 20.0. The van der Waals surface area contributed by atoms with Crippen LogP contribution in [0.4, 0.5) is 18.3 Å². The van der Waals surface area contributed by atoms with E-state index in [9.17, 15) is 22.8 Å². The monoisotopic (exact) mass is 408 g/mol. The van der Waals surface area contributed by atoms with Gasteiger partial charge in [0.2, 0.25) is 0 Å². The van der Waals surface area contributed by atoms with E-state index >= 15 is 0 Å². The zero-order chi connectivity index (χ0) is 19.3. The van der Waals surface area contributed by atoms with Crippen LogP contribution in [0.15, 0.2) is 24.3 Å². The van der Waals surface area contributed by atoms with Crippen molar-refractivity contribution in [3.05, 3.63) is 39.9 Å². The van der Waals surface area contributed by atoms with Crippen LogP contribution in [-0.2, 0) is 15.7 Å². The number of ether oxygens (including phenoxy) is 2. The van der Waals surface area contributed by atoms with Gasteiger partial charge in [0.1, 0.15) is 10.6 Å². The van der Waals surface area contributed by atoms with E-state index in [1.807, 2.05) is 0 Å². The molecule has 0 aliphatic rings. The molecule has 0 fully saturated rings. The molecule has 0 spiro atoms. The predicted octanol–water partition coefficient (Wildman–Crippen LogP) is 4.01. The summed E-state index contributed by atoms with van der Waals surface area (Å²) in [7, 11) is 0. The fourth-order valence-corrected chi connectivity index (χ4v) is 2.85. The maximum absolute atomic E-state index is 13.0. The molecule has 1 aromatic carbocycles. The predicted molar refractivity (Wildman–Crippen MR) is 88.6 cm³/mol. The number of esters is 1. The lowest BCUT2D eigenvalue weighted by Gasteiger charge is -2.07. The molecule has 2 aromatic rings. The van der Waals surface area contributed by atoms with Crippen molar-refractivity contribution in [2.75, 3.05) is 18.5 Å². The minimum absolute atomic E-state index is 0.0958. The van der Waals surface area contributed by atoms with Crippen molar-refractivity contribution >= 4 is 39.9 Å². The van der Waals surface area contributed by atoms with Crippen molar-refractivity contribution in [2.24, 2.45) is 0 Å². The number of aromatic nitrogens is 1. The van der Waals surface area contributed by atoms with Crippen molar-refractivity contribution in [1.82, 2.24) is 4.98 Å². The molecule has 0 aliphatic heterocycles. The zero-order valence-electron chi connectivity index (χ0n) is 13.2. The molecule has 1 heterocycles. The molecule has 6 nitrogen and oxygen atoms in total. The van der Waals surface area contributed by atoms with Crippen LogP contribution in [0.2, 0.25) is 5.02 Å². The number of carbonyl (C=O) groups excluding carboxylic acids is 2. The second kappa shape index (κ2) is 8.37. The number of carbonyl (C=O) groups is 2. The SMILES string of the molecule is CCOC(=O)c1sc(NC(=O)COc2ccccc2Cl)nc1C(F)(F)F. The van der Waals surface area contributed by atoms with Crippen LogP contribution in [0.25, 0.3) is 0 Å². The van der Waals surface area contributed by atoms with Gasteiger partial charge >= 0.3 is 12.1 Å². The Morgan fingerprint density at radius 2 is 2.00 bits per heavy atom. The van der Waals surface area contributed by atoms with Crippen LogP contribution < -0.4 is 10.1 Å². The van der Waals surface area contributed by atoms with Gasteiger partial charge in [0.25, 0.3) is 5.91 Å². The molecule has 0 saturated heterocycles. The van der Waals surface area contributed by atoms with Gasteiger partial charge in [0, 0.05) is 0 Å². The normalized spacial score (nSPS) is 11.1. The number of nitrogens with one attached hydrogen (secondary N) is 1. The Balaban J connectivity index is 2.10. The Bertz CT molecular complexity index is 810. The maximum atomic E-state index is 13.0. The highest BCUT2D eigenvalue weighted by atomic mass is 35.5. The van der Waals surface area contributed by atoms with Gasteiger partial charge in [0.05, 0.1) is 11.6 Å². The Morgan fingerprint density at radius 3 is 2.62 bits per heavy atom. The Kier molecular flexibility index (Phi) is 6.43. The molecule has 1 aromatic heterocycles. The number of amides is 1. The van der Waals surface area contributed by atoms with Gasteiger partial charge < -0.3 is 9.47 Å². The van der Waals surface area contributed by atoms with E-state index in [1.165, 1.54) is 13.0 Å². The van der Waals surface area contributed by atoms with Crippen molar-refractivity contribution in [3.63, 3.8) is 0 Å². The topological polar surface area (TPSA) is 77.5 Å². The second-order valence-electron chi connectivity index (χ2n) is 4.68. The number of hydrogen-bond donors (Lipinski definition) is 1. The number of rotatable bonds is 6. The van der Waals surface area contributed by atoms with E-state index in [0.717, 1.165) is 0 Å². The number of para-hydroxylation sites is 1. The van der Waals surface area contributed by atoms with Crippen LogP contribution in [0.1, 0.15) is 22.3 Å². The molecule has 0 aliphatic carbocycles. The molecule has 26 heavy (non-hydrogen) atoms. The van der Waals surface area contributed by atoms with Crippen LogP contribution in [-0.4, -0.2) is 30.1 Å². The first-order valence-electron chi connectivity index (χ1n) is 7.14. The van der Waals surface area contributed by atoms with E-state index in [-0.39, 0.29) is 17.4 Å². The van der Waals surface area contributed by atoms with Crippen molar-refractivity contribution in [1.29, 1.82) is 0 Å². The highest BCUT2D eigenvalue weighted by Gasteiger charge is 2.40. The summed E-state index contributed by atoms with van der Waals surface area (Å²) in [6.07, 6.45) is -4.87. The number of hydrogen-bond acceptors (Lipinski definition) is 6. The zero-order valence-corrected chi connectivity index (χ0v) is 14.8. The molecule has 11 heteroatoms. The first-order chi connectivity index (χ1) is 12.2. The quantitative estimate of drug-likeness (QED) is 0.731. The lowest BCUT2D eigenvalue weighted by molar-refractivity contribution is -0.141. The summed E-state index contributed by atoms with van der Waals surface area (Å²) in [5.41, 5.74) is -1.41. The average molecular weight is 409 g/mol. The molecule has 1 amide bonds. The number of anilines is 1. The Hall–Kier alpha value is -2.33. The standard InChI is InChI=1S/C15H12ClF3N2O4S/c1-2-24-13(23)11-12(15(17,18)19)21-14(26-11)20-10(22)7-25-9-6-4-3-5-8(9)16/h3-6H,2,7H2,1H3,(H,20,21,22). The van der Waals surface area contributed by atoms with E-state index in [2.05, 4.69) is 15.0 Å². The summed E-state index contributed by atoms with van der Waals surface area (Å²) in [4.78, 5) is 26.1. The van der Waals surface area contributed by atoms with Crippen LogP contribution in [0, 0.1) is 0 Å². The molecular formula is C15H12ClF3N2O4S. The maximum Gasteiger partial charge on any atom is 0.435 e. The smallest absolute Gasteiger partial charge is 0.435 e. The molecule has 0 radical (unpaired) electrons. The summed E-state index contributed by atoms with van der Waals surface area (Å²) in [6.45, 7) is 0.863. The van der Waals surface area contributed by atoms with Crippen molar-refractivity contribution < 1.29 is 32.2 Å². The van der Waals surface area contributed by atoms with Crippen LogP contribution in [0.5, 0.6) is 5.75 Å². The average Bonchev–Trinajstić information content (AvgIpc) is 2.98. The highest BCUT2D eigenvalue weighted by Crippen LogP contribution is 2.36. The molecule has 140 valence electrons. The third kappa shape index (κ3) is 5.09. The fourth-order valence-electron chi connectivity index (χ4n) is 1.76. The molecule has 0 bridgehead atoms. The summed E-state index contributed by atoms with van der Waals surface area (Å²) in [5, 5.41) is 2.04. The third-order valence-corrected chi connectivity index (χ3v) is 4.06. The van der Waals surface area contributed by atoms with E-state index in [4.69, 9.17) is 16.3 Å². The number of benzene rings is 1.